The minimum absolute atomic E-state index is 0.172. The summed E-state index contributed by atoms with van der Waals surface area (Å²) in [4.78, 5) is 56.4. The molecule has 6 N–H and O–H groups in total. The van der Waals surface area contributed by atoms with E-state index in [4.69, 9.17) is 5.73 Å². The van der Waals surface area contributed by atoms with Crippen LogP contribution in [0.5, 0.6) is 0 Å². The van der Waals surface area contributed by atoms with Crippen LogP contribution in [0, 0.1) is 11.8 Å². The summed E-state index contributed by atoms with van der Waals surface area (Å²) in [6, 6.07) is 4.07. The van der Waals surface area contributed by atoms with Crippen molar-refractivity contribution >= 4 is 34.6 Å². The van der Waals surface area contributed by atoms with Crippen molar-refractivity contribution in [3.05, 3.63) is 36.0 Å². The lowest BCUT2D eigenvalue weighted by Gasteiger charge is -2.30. The predicted octanol–water partition coefficient (Wildman–Crippen LogP) is 2.18. The fourth-order valence-electron chi connectivity index (χ4n) is 5.05. The van der Waals surface area contributed by atoms with Gasteiger partial charge in [-0.15, -0.1) is 0 Å². The molecule has 1 fully saturated rings. The number of benzene rings is 1. The van der Waals surface area contributed by atoms with Crippen molar-refractivity contribution in [1.29, 1.82) is 0 Å². The van der Waals surface area contributed by atoms with Gasteiger partial charge in [0.2, 0.25) is 17.7 Å². The molecule has 1 aliphatic rings. The van der Waals surface area contributed by atoms with Crippen LogP contribution >= 0.6 is 0 Å². The zero-order chi connectivity index (χ0) is 28.0. The molecule has 0 saturated carbocycles. The fraction of sp³-hybridized carbons (Fsp3) is 0.571. The Balaban J connectivity index is 1.87. The molecule has 5 atom stereocenters. The molecule has 10 heteroatoms. The van der Waals surface area contributed by atoms with Crippen molar-refractivity contribution in [3.63, 3.8) is 0 Å². The lowest BCUT2D eigenvalue weighted by Crippen LogP contribution is -2.59. The molecule has 0 bridgehead atoms. The van der Waals surface area contributed by atoms with Crippen molar-refractivity contribution in [2.45, 2.75) is 84.0 Å². The first-order valence-electron chi connectivity index (χ1n) is 13.5. The Bertz CT molecular complexity index is 1150. The number of nitrogens with two attached hydrogens (primary N) is 1. The van der Waals surface area contributed by atoms with Gasteiger partial charge in [0.05, 0.1) is 6.04 Å². The number of carbonyl (C=O) groups excluding carboxylic acids is 3. The third-order valence-corrected chi connectivity index (χ3v) is 7.39. The van der Waals surface area contributed by atoms with Gasteiger partial charge in [0, 0.05) is 30.1 Å². The SMILES string of the molecule is CCC(C)C(NC(=O)C(N)CC(C)C)C(=O)NC(Cc1c[nH]c2ccccc12)C(=O)N1CCCC1C(=O)O. The molecule has 3 amide bonds. The number of carboxylic acids is 1. The lowest BCUT2D eigenvalue weighted by molar-refractivity contribution is -0.149. The summed E-state index contributed by atoms with van der Waals surface area (Å²) >= 11 is 0. The van der Waals surface area contributed by atoms with E-state index in [1.165, 1.54) is 4.90 Å². The highest BCUT2D eigenvalue weighted by molar-refractivity contribution is 5.95. The van der Waals surface area contributed by atoms with Gasteiger partial charge in [0.15, 0.2) is 0 Å². The van der Waals surface area contributed by atoms with Gasteiger partial charge in [-0.1, -0.05) is 52.3 Å². The molecule has 2 aromatic rings. The minimum atomic E-state index is -1.06. The van der Waals surface area contributed by atoms with E-state index in [1.54, 1.807) is 6.20 Å². The number of amides is 3. The first-order chi connectivity index (χ1) is 18.0. The van der Waals surface area contributed by atoms with Gasteiger partial charge in [-0.2, -0.15) is 0 Å². The number of hydrogen-bond donors (Lipinski definition) is 5. The lowest BCUT2D eigenvalue weighted by atomic mass is 9.96. The molecule has 5 unspecified atom stereocenters. The molecule has 0 radical (unpaired) electrons. The van der Waals surface area contributed by atoms with Gasteiger partial charge in [-0.25, -0.2) is 4.79 Å². The molecule has 1 aliphatic heterocycles. The van der Waals surface area contributed by atoms with E-state index in [2.05, 4.69) is 15.6 Å². The predicted molar refractivity (Wildman–Crippen MR) is 145 cm³/mol. The Kier molecular flexibility index (Phi) is 9.90. The Labute approximate surface area is 223 Å². The molecule has 2 heterocycles. The second kappa shape index (κ2) is 12.9. The van der Waals surface area contributed by atoms with Crippen LogP contribution in [0.2, 0.25) is 0 Å². The maximum absolute atomic E-state index is 13.7. The van der Waals surface area contributed by atoms with Crippen LogP contribution in [0.15, 0.2) is 30.5 Å². The smallest absolute Gasteiger partial charge is 0.326 e. The first kappa shape index (κ1) is 29.2. The van der Waals surface area contributed by atoms with E-state index in [-0.39, 0.29) is 18.3 Å². The van der Waals surface area contributed by atoms with E-state index >= 15 is 0 Å². The number of carbonyl (C=O) groups is 4. The molecular formula is C28H41N5O5. The number of hydrogen-bond acceptors (Lipinski definition) is 5. The summed E-state index contributed by atoms with van der Waals surface area (Å²) in [5, 5.41) is 16.2. The number of H-pyrrole nitrogens is 1. The number of carboxylic acid groups (broad SMARTS) is 1. The number of aromatic nitrogens is 1. The quantitative estimate of drug-likeness (QED) is 0.285. The van der Waals surface area contributed by atoms with Crippen LogP contribution < -0.4 is 16.4 Å². The van der Waals surface area contributed by atoms with Crippen molar-refractivity contribution < 1.29 is 24.3 Å². The van der Waals surface area contributed by atoms with Crippen LogP contribution in [-0.4, -0.2) is 69.4 Å². The summed E-state index contributed by atoms with van der Waals surface area (Å²) in [5.74, 6) is -2.41. The molecule has 1 aromatic carbocycles. The first-order valence-corrected chi connectivity index (χ1v) is 13.5. The largest absolute Gasteiger partial charge is 0.480 e. The molecule has 10 nitrogen and oxygen atoms in total. The number of fused-ring (bicyclic) bond motifs is 1. The maximum Gasteiger partial charge on any atom is 0.326 e. The summed E-state index contributed by atoms with van der Waals surface area (Å²) < 4.78 is 0. The van der Waals surface area contributed by atoms with Crippen LogP contribution in [-0.2, 0) is 25.6 Å². The molecule has 38 heavy (non-hydrogen) atoms. The Morgan fingerprint density at radius 2 is 1.84 bits per heavy atom. The van der Waals surface area contributed by atoms with Gasteiger partial charge in [-0.05, 0) is 42.7 Å². The number of para-hydroxylation sites is 1. The van der Waals surface area contributed by atoms with E-state index in [0.29, 0.717) is 32.2 Å². The molecular weight excluding hydrogens is 486 g/mol. The number of aromatic amines is 1. The molecule has 208 valence electrons. The van der Waals surface area contributed by atoms with E-state index < -0.39 is 47.9 Å². The second-order valence-corrected chi connectivity index (χ2v) is 10.8. The van der Waals surface area contributed by atoms with Gasteiger partial charge < -0.3 is 31.4 Å². The van der Waals surface area contributed by atoms with Gasteiger partial charge in [-0.3, -0.25) is 14.4 Å². The van der Waals surface area contributed by atoms with E-state index in [0.717, 1.165) is 16.5 Å². The third-order valence-electron chi connectivity index (χ3n) is 7.39. The topological polar surface area (TPSA) is 158 Å². The highest BCUT2D eigenvalue weighted by Gasteiger charge is 2.39. The van der Waals surface area contributed by atoms with Crippen molar-refractivity contribution in [3.8, 4) is 0 Å². The third kappa shape index (κ3) is 6.92. The summed E-state index contributed by atoms with van der Waals surface area (Å²) in [7, 11) is 0. The molecule has 0 spiro atoms. The van der Waals surface area contributed by atoms with Gasteiger partial charge in [0.1, 0.15) is 18.1 Å². The summed E-state index contributed by atoms with van der Waals surface area (Å²) in [6.45, 7) is 8.02. The number of aliphatic carboxylic acids is 1. The van der Waals surface area contributed by atoms with E-state index in [9.17, 15) is 24.3 Å². The van der Waals surface area contributed by atoms with Crippen molar-refractivity contribution in [2.75, 3.05) is 6.54 Å². The number of nitrogens with zero attached hydrogens (tertiary/aromatic N) is 1. The van der Waals surface area contributed by atoms with Crippen LogP contribution in [0.3, 0.4) is 0 Å². The zero-order valence-electron chi connectivity index (χ0n) is 22.7. The standard InChI is InChI=1S/C28H41N5O5/c1-5-17(4)24(32-25(34)20(29)13-16(2)3)26(35)31-22(27(36)33-12-8-11-23(33)28(37)38)14-18-15-30-21-10-7-6-9-19(18)21/h6-7,9-10,15-17,20,22-24,30H,5,8,11-14,29H2,1-4H3,(H,31,35)(H,32,34)(H,37,38). The fourth-order valence-corrected chi connectivity index (χ4v) is 5.05. The molecule has 1 saturated heterocycles. The highest BCUT2D eigenvalue weighted by atomic mass is 16.4. The second-order valence-electron chi connectivity index (χ2n) is 10.8. The minimum Gasteiger partial charge on any atom is -0.480 e. The maximum atomic E-state index is 13.7. The number of rotatable bonds is 12. The molecule has 0 aliphatic carbocycles. The molecule has 1 aromatic heterocycles. The normalized spacial score (nSPS) is 18.7. The van der Waals surface area contributed by atoms with Gasteiger partial charge in [0.25, 0.3) is 0 Å². The monoisotopic (exact) mass is 527 g/mol. The Hall–Kier alpha value is -3.40. The zero-order valence-corrected chi connectivity index (χ0v) is 22.7. The number of likely N-dealkylation sites (tertiary alicyclic amines) is 1. The molecule has 3 rings (SSSR count). The van der Waals surface area contributed by atoms with Gasteiger partial charge >= 0.3 is 5.97 Å². The van der Waals surface area contributed by atoms with Crippen molar-refractivity contribution in [2.24, 2.45) is 17.6 Å². The Morgan fingerprint density at radius 3 is 2.50 bits per heavy atom. The van der Waals surface area contributed by atoms with Crippen molar-refractivity contribution in [1.82, 2.24) is 20.5 Å². The van der Waals surface area contributed by atoms with Crippen LogP contribution in [0.1, 0.15) is 58.9 Å². The number of nitrogens with one attached hydrogen (secondary N) is 3. The average molecular weight is 528 g/mol. The summed E-state index contributed by atoms with van der Waals surface area (Å²) in [6.07, 6.45) is 4.02. The average Bonchev–Trinajstić information content (AvgIpc) is 3.53. The summed E-state index contributed by atoms with van der Waals surface area (Å²) in [5.41, 5.74) is 7.79. The van der Waals surface area contributed by atoms with Crippen LogP contribution in [0.4, 0.5) is 0 Å². The Morgan fingerprint density at radius 1 is 1.13 bits per heavy atom. The highest BCUT2D eigenvalue weighted by Crippen LogP contribution is 2.23. The van der Waals surface area contributed by atoms with Crippen LogP contribution in [0.25, 0.3) is 10.9 Å². The van der Waals surface area contributed by atoms with E-state index in [1.807, 2.05) is 52.0 Å².